The maximum atomic E-state index is 14.2. The molecule has 0 aliphatic carbocycles. The summed E-state index contributed by atoms with van der Waals surface area (Å²) in [6.45, 7) is 2.01. The van der Waals surface area contributed by atoms with Crippen LogP contribution in [-0.4, -0.2) is 17.4 Å². The molecule has 0 aliphatic rings. The van der Waals surface area contributed by atoms with Crippen LogP contribution in [-0.2, 0) is 0 Å². The summed E-state index contributed by atoms with van der Waals surface area (Å²) in [7, 11) is 0. The maximum absolute atomic E-state index is 14.2. The van der Waals surface area contributed by atoms with Crippen molar-refractivity contribution in [3.8, 4) is 0 Å². The van der Waals surface area contributed by atoms with Gasteiger partial charge in [0.15, 0.2) is 17.5 Å². The van der Waals surface area contributed by atoms with Crippen LogP contribution in [0.25, 0.3) is 0 Å². The van der Waals surface area contributed by atoms with Gasteiger partial charge in [0.1, 0.15) is 0 Å². The Morgan fingerprint density at radius 3 is 1.81 bits per heavy atom. The first kappa shape index (κ1) is 18.7. The standard InChI is InChI=1S/C22H18F3NO/c1-2-26(22(27)17-13-14-18(23)20(25)19(17)24)21(15-9-5-3-6-10-15)16-11-7-4-8-12-16/h3-14,21H,2H2,1H3. The predicted octanol–water partition coefficient (Wildman–Crippen LogP) is 5.36. The van der Waals surface area contributed by atoms with Crippen LogP contribution in [0.1, 0.15) is 34.5 Å². The van der Waals surface area contributed by atoms with Crippen molar-refractivity contribution in [2.75, 3.05) is 6.54 Å². The molecule has 2 nitrogen and oxygen atoms in total. The Balaban J connectivity index is 2.10. The molecule has 0 heterocycles. The van der Waals surface area contributed by atoms with Crippen molar-refractivity contribution in [3.63, 3.8) is 0 Å². The van der Waals surface area contributed by atoms with Crippen molar-refractivity contribution in [1.82, 2.24) is 4.90 Å². The van der Waals surface area contributed by atoms with Gasteiger partial charge in [-0.15, -0.1) is 0 Å². The quantitative estimate of drug-likeness (QED) is 0.555. The second kappa shape index (κ2) is 8.08. The Hall–Kier alpha value is -3.08. The van der Waals surface area contributed by atoms with Gasteiger partial charge in [-0.05, 0) is 30.2 Å². The minimum atomic E-state index is -1.65. The van der Waals surface area contributed by atoms with Crippen LogP contribution in [0.2, 0.25) is 0 Å². The van der Waals surface area contributed by atoms with Crippen molar-refractivity contribution in [2.24, 2.45) is 0 Å². The van der Waals surface area contributed by atoms with E-state index in [1.807, 2.05) is 60.7 Å². The highest BCUT2D eigenvalue weighted by atomic mass is 19.2. The predicted molar refractivity (Wildman–Crippen MR) is 97.8 cm³/mol. The van der Waals surface area contributed by atoms with E-state index in [9.17, 15) is 18.0 Å². The van der Waals surface area contributed by atoms with Gasteiger partial charge in [-0.25, -0.2) is 13.2 Å². The summed E-state index contributed by atoms with van der Waals surface area (Å²) >= 11 is 0. The lowest BCUT2D eigenvalue weighted by Gasteiger charge is -2.32. The largest absolute Gasteiger partial charge is 0.328 e. The van der Waals surface area contributed by atoms with Crippen LogP contribution >= 0.6 is 0 Å². The van der Waals surface area contributed by atoms with Gasteiger partial charge in [-0.2, -0.15) is 0 Å². The Labute approximate surface area is 155 Å². The van der Waals surface area contributed by atoms with E-state index in [-0.39, 0.29) is 6.54 Å². The number of halogens is 3. The average Bonchev–Trinajstić information content (AvgIpc) is 2.71. The van der Waals surface area contributed by atoms with Crippen LogP contribution in [0, 0.1) is 17.5 Å². The molecule has 0 saturated heterocycles. The first-order valence-corrected chi connectivity index (χ1v) is 8.59. The first-order chi connectivity index (χ1) is 13.0. The zero-order valence-corrected chi connectivity index (χ0v) is 14.7. The minimum absolute atomic E-state index is 0.256. The molecule has 0 unspecified atom stereocenters. The van der Waals surface area contributed by atoms with Crippen LogP contribution in [0.3, 0.4) is 0 Å². The van der Waals surface area contributed by atoms with Crippen molar-refractivity contribution in [1.29, 1.82) is 0 Å². The molecule has 3 rings (SSSR count). The topological polar surface area (TPSA) is 20.3 Å². The number of nitrogens with zero attached hydrogens (tertiary/aromatic N) is 1. The third kappa shape index (κ3) is 3.72. The van der Waals surface area contributed by atoms with E-state index >= 15 is 0 Å². The average molecular weight is 369 g/mol. The van der Waals surface area contributed by atoms with E-state index in [1.54, 1.807) is 6.92 Å². The number of carbonyl (C=O) groups excluding carboxylic acids is 1. The number of benzene rings is 3. The lowest BCUT2D eigenvalue weighted by atomic mass is 9.96. The van der Waals surface area contributed by atoms with Crippen molar-refractivity contribution in [2.45, 2.75) is 13.0 Å². The van der Waals surface area contributed by atoms with Gasteiger partial charge < -0.3 is 4.90 Å². The molecular weight excluding hydrogens is 351 g/mol. The van der Waals surface area contributed by atoms with E-state index in [2.05, 4.69) is 0 Å². The molecule has 3 aromatic rings. The fourth-order valence-electron chi connectivity index (χ4n) is 3.11. The van der Waals surface area contributed by atoms with E-state index < -0.39 is 35.0 Å². The van der Waals surface area contributed by atoms with Gasteiger partial charge in [0, 0.05) is 6.54 Å². The maximum Gasteiger partial charge on any atom is 0.257 e. The SMILES string of the molecule is CCN(C(=O)c1ccc(F)c(F)c1F)C(c1ccccc1)c1ccccc1. The number of hydrogen-bond acceptors (Lipinski definition) is 1. The molecular formula is C22H18F3NO. The molecule has 27 heavy (non-hydrogen) atoms. The summed E-state index contributed by atoms with van der Waals surface area (Å²) in [5, 5.41) is 0. The van der Waals surface area contributed by atoms with Gasteiger partial charge in [0.05, 0.1) is 11.6 Å². The number of carbonyl (C=O) groups is 1. The Morgan fingerprint density at radius 1 is 0.815 bits per heavy atom. The summed E-state index contributed by atoms with van der Waals surface area (Å²) in [4.78, 5) is 14.5. The molecule has 5 heteroatoms. The third-order valence-electron chi connectivity index (χ3n) is 4.41. The third-order valence-corrected chi connectivity index (χ3v) is 4.41. The molecule has 0 radical (unpaired) electrons. The summed E-state index contributed by atoms with van der Waals surface area (Å²) in [6, 6.07) is 19.8. The summed E-state index contributed by atoms with van der Waals surface area (Å²) in [5.41, 5.74) is 1.18. The molecule has 0 N–H and O–H groups in total. The van der Waals surface area contributed by atoms with E-state index in [1.165, 1.54) is 4.90 Å². The Morgan fingerprint density at radius 2 is 1.33 bits per heavy atom. The fourth-order valence-corrected chi connectivity index (χ4v) is 3.11. The van der Waals surface area contributed by atoms with Crippen LogP contribution in [0.5, 0.6) is 0 Å². The number of rotatable bonds is 5. The Bertz CT molecular complexity index is 890. The van der Waals surface area contributed by atoms with Gasteiger partial charge >= 0.3 is 0 Å². The zero-order chi connectivity index (χ0) is 19.4. The molecule has 0 bridgehead atoms. The Kier molecular flexibility index (Phi) is 5.60. The molecule has 0 fully saturated rings. The normalized spacial score (nSPS) is 10.9. The molecule has 0 atom stereocenters. The van der Waals surface area contributed by atoms with Gasteiger partial charge in [-0.1, -0.05) is 60.7 Å². The summed E-state index contributed by atoms with van der Waals surface area (Å²) in [5.74, 6) is -5.15. The second-order valence-corrected chi connectivity index (χ2v) is 6.04. The lowest BCUT2D eigenvalue weighted by Crippen LogP contribution is -2.36. The molecule has 0 aliphatic heterocycles. The smallest absolute Gasteiger partial charge is 0.257 e. The first-order valence-electron chi connectivity index (χ1n) is 8.59. The zero-order valence-electron chi connectivity index (χ0n) is 14.7. The van der Waals surface area contributed by atoms with Crippen LogP contribution in [0.4, 0.5) is 13.2 Å². The lowest BCUT2D eigenvalue weighted by molar-refractivity contribution is 0.0711. The number of hydrogen-bond donors (Lipinski definition) is 0. The molecule has 3 aromatic carbocycles. The highest BCUT2D eigenvalue weighted by molar-refractivity contribution is 5.95. The molecule has 0 aromatic heterocycles. The molecule has 0 saturated carbocycles. The second-order valence-electron chi connectivity index (χ2n) is 6.04. The van der Waals surface area contributed by atoms with Crippen LogP contribution in [0.15, 0.2) is 72.8 Å². The van der Waals surface area contributed by atoms with Gasteiger partial charge in [0.2, 0.25) is 0 Å². The van der Waals surface area contributed by atoms with E-state index in [4.69, 9.17) is 0 Å². The summed E-state index contributed by atoms with van der Waals surface area (Å²) in [6.07, 6.45) is 0. The molecule has 138 valence electrons. The number of amides is 1. The van der Waals surface area contributed by atoms with E-state index in [0.29, 0.717) is 0 Å². The molecule has 1 amide bonds. The minimum Gasteiger partial charge on any atom is -0.328 e. The van der Waals surface area contributed by atoms with Crippen molar-refractivity contribution < 1.29 is 18.0 Å². The highest BCUT2D eigenvalue weighted by Gasteiger charge is 2.29. The summed E-state index contributed by atoms with van der Waals surface area (Å²) < 4.78 is 41.1. The fraction of sp³-hybridized carbons (Fsp3) is 0.136. The van der Waals surface area contributed by atoms with Crippen molar-refractivity contribution >= 4 is 5.91 Å². The van der Waals surface area contributed by atoms with Gasteiger partial charge in [-0.3, -0.25) is 4.79 Å². The van der Waals surface area contributed by atoms with Gasteiger partial charge in [0.25, 0.3) is 5.91 Å². The van der Waals surface area contributed by atoms with E-state index in [0.717, 1.165) is 23.3 Å². The molecule has 0 spiro atoms. The van der Waals surface area contributed by atoms with Crippen LogP contribution < -0.4 is 0 Å². The van der Waals surface area contributed by atoms with Crippen molar-refractivity contribution in [3.05, 3.63) is 107 Å². The monoisotopic (exact) mass is 369 g/mol. The highest BCUT2D eigenvalue weighted by Crippen LogP contribution is 2.30.